The fraction of sp³-hybridized carbons (Fsp3) is 0.375. The third-order valence-corrected chi connectivity index (χ3v) is 6.14. The van der Waals surface area contributed by atoms with Gasteiger partial charge in [0.2, 0.25) is 5.91 Å². The van der Waals surface area contributed by atoms with Crippen molar-refractivity contribution in [2.24, 2.45) is 0 Å². The number of aryl methyl sites for hydroxylation is 2. The summed E-state index contributed by atoms with van der Waals surface area (Å²) in [5.41, 5.74) is 6.04. The zero-order valence-corrected chi connectivity index (χ0v) is 16.7. The molecule has 1 unspecified atom stereocenters. The van der Waals surface area contributed by atoms with Crippen molar-refractivity contribution >= 4 is 16.8 Å². The van der Waals surface area contributed by atoms with Gasteiger partial charge in [0.25, 0.3) is 0 Å². The van der Waals surface area contributed by atoms with Crippen molar-refractivity contribution in [1.29, 1.82) is 0 Å². The predicted molar refractivity (Wildman–Crippen MR) is 113 cm³/mol. The van der Waals surface area contributed by atoms with Crippen LogP contribution in [-0.2, 0) is 24.1 Å². The summed E-state index contributed by atoms with van der Waals surface area (Å²) in [6, 6.07) is 12.5. The molecule has 0 bridgehead atoms. The molecule has 2 N–H and O–H groups in total. The lowest BCUT2D eigenvalue weighted by atomic mass is 9.91. The lowest BCUT2D eigenvalue weighted by Crippen LogP contribution is -2.31. The monoisotopic (exact) mass is 390 g/mol. The van der Waals surface area contributed by atoms with E-state index in [9.17, 15) is 4.79 Å². The summed E-state index contributed by atoms with van der Waals surface area (Å²) in [6.07, 6.45) is 5.30. The largest absolute Gasteiger partial charge is 0.497 e. The van der Waals surface area contributed by atoms with Gasteiger partial charge in [0.15, 0.2) is 0 Å². The normalized spacial score (nSPS) is 17.5. The van der Waals surface area contributed by atoms with Crippen LogP contribution in [0.4, 0.5) is 0 Å². The molecule has 0 radical (unpaired) electrons. The lowest BCUT2D eigenvalue weighted by molar-refractivity contribution is -0.121. The number of hydrogen-bond donors (Lipinski definition) is 2. The molecular formula is C24H26N2O3. The Hall–Kier alpha value is -2.95. The minimum atomic E-state index is 0.0538. The predicted octanol–water partition coefficient (Wildman–Crippen LogP) is 4.24. The summed E-state index contributed by atoms with van der Waals surface area (Å²) in [5, 5.41) is 4.47. The number of hydrogen-bond acceptors (Lipinski definition) is 3. The fourth-order valence-electron chi connectivity index (χ4n) is 4.63. The van der Waals surface area contributed by atoms with Gasteiger partial charge in [-0.1, -0.05) is 12.1 Å². The number of aromatic nitrogens is 1. The number of rotatable bonds is 5. The number of ether oxygens (including phenoxy) is 2. The van der Waals surface area contributed by atoms with Crippen LogP contribution in [0.25, 0.3) is 10.9 Å². The van der Waals surface area contributed by atoms with Gasteiger partial charge >= 0.3 is 0 Å². The number of methoxy groups -OCH3 is 1. The lowest BCUT2D eigenvalue weighted by Gasteiger charge is -2.24. The molecule has 0 saturated carbocycles. The number of aromatic amines is 1. The highest BCUT2D eigenvalue weighted by atomic mass is 16.5. The van der Waals surface area contributed by atoms with E-state index >= 15 is 0 Å². The van der Waals surface area contributed by atoms with E-state index in [0.29, 0.717) is 6.42 Å². The minimum absolute atomic E-state index is 0.0538. The van der Waals surface area contributed by atoms with Gasteiger partial charge in [0.1, 0.15) is 11.5 Å². The van der Waals surface area contributed by atoms with Gasteiger partial charge in [-0.05, 0) is 66.6 Å². The first-order chi connectivity index (χ1) is 14.2. The number of benzene rings is 2. The molecule has 1 aliphatic carbocycles. The number of amides is 1. The van der Waals surface area contributed by atoms with Gasteiger partial charge in [-0.15, -0.1) is 0 Å². The Balaban J connectivity index is 1.28. The van der Waals surface area contributed by atoms with Gasteiger partial charge in [-0.2, -0.15) is 0 Å². The van der Waals surface area contributed by atoms with Crippen LogP contribution in [0, 0.1) is 0 Å². The molecule has 3 aromatic rings. The highest BCUT2D eigenvalue weighted by molar-refractivity contribution is 5.87. The molecule has 150 valence electrons. The molecule has 0 spiro atoms. The molecule has 5 heteroatoms. The number of H-pyrrole nitrogens is 1. The Labute approximate surface area is 170 Å². The van der Waals surface area contributed by atoms with Crippen molar-refractivity contribution in [2.45, 2.75) is 44.6 Å². The molecule has 1 aliphatic heterocycles. The second-order valence-corrected chi connectivity index (χ2v) is 7.98. The standard InChI is InChI=1S/C24H26N2O3/c1-28-17-7-8-20-19(14-17)18-3-2-4-21(24(18)26-20)25-23(27)10-6-15-5-9-22-16(13-15)11-12-29-22/h5,7-9,13-14,21,26H,2-4,6,10-12H2,1H3,(H,25,27). The van der Waals surface area contributed by atoms with Gasteiger partial charge in [0.05, 0.1) is 19.8 Å². The number of carbonyl (C=O) groups excluding carboxylic acids is 1. The maximum atomic E-state index is 12.7. The van der Waals surface area contributed by atoms with Crippen LogP contribution >= 0.6 is 0 Å². The molecule has 1 amide bonds. The van der Waals surface area contributed by atoms with Crippen molar-refractivity contribution in [3.63, 3.8) is 0 Å². The zero-order chi connectivity index (χ0) is 19.8. The van der Waals surface area contributed by atoms with Crippen LogP contribution in [0.2, 0.25) is 0 Å². The average molecular weight is 390 g/mol. The highest BCUT2D eigenvalue weighted by Crippen LogP contribution is 2.36. The second kappa shape index (κ2) is 7.47. The van der Waals surface area contributed by atoms with Crippen molar-refractivity contribution in [3.8, 4) is 11.5 Å². The van der Waals surface area contributed by atoms with Crippen LogP contribution in [-0.4, -0.2) is 24.6 Å². The van der Waals surface area contributed by atoms with E-state index in [2.05, 4.69) is 34.6 Å². The van der Waals surface area contributed by atoms with E-state index in [1.54, 1.807) is 7.11 Å². The molecule has 5 rings (SSSR count). The topological polar surface area (TPSA) is 63.3 Å². The first-order valence-electron chi connectivity index (χ1n) is 10.4. The van der Waals surface area contributed by atoms with Crippen molar-refractivity contribution in [1.82, 2.24) is 10.3 Å². The van der Waals surface area contributed by atoms with E-state index in [1.165, 1.54) is 22.1 Å². The van der Waals surface area contributed by atoms with E-state index < -0.39 is 0 Å². The third kappa shape index (κ3) is 3.46. The maximum Gasteiger partial charge on any atom is 0.220 e. The minimum Gasteiger partial charge on any atom is -0.497 e. The number of fused-ring (bicyclic) bond motifs is 4. The van der Waals surface area contributed by atoms with Gasteiger partial charge in [-0.25, -0.2) is 0 Å². The Morgan fingerprint density at radius 1 is 1.24 bits per heavy atom. The summed E-state index contributed by atoms with van der Waals surface area (Å²) < 4.78 is 10.9. The van der Waals surface area contributed by atoms with Crippen LogP contribution in [0.15, 0.2) is 36.4 Å². The van der Waals surface area contributed by atoms with Crippen LogP contribution < -0.4 is 14.8 Å². The SMILES string of the molecule is COc1ccc2[nH]c3c(c2c1)CCCC3NC(=O)CCc1ccc2c(c1)CCO2. The van der Waals surface area contributed by atoms with E-state index in [1.807, 2.05) is 12.1 Å². The molecule has 2 heterocycles. The molecule has 1 aromatic heterocycles. The van der Waals surface area contributed by atoms with E-state index in [-0.39, 0.29) is 11.9 Å². The molecule has 0 saturated heterocycles. The molecule has 0 fully saturated rings. The highest BCUT2D eigenvalue weighted by Gasteiger charge is 2.25. The van der Waals surface area contributed by atoms with Gasteiger partial charge in [-0.3, -0.25) is 4.79 Å². The second-order valence-electron chi connectivity index (χ2n) is 7.98. The number of carbonyl (C=O) groups is 1. The third-order valence-electron chi connectivity index (χ3n) is 6.14. The Morgan fingerprint density at radius 3 is 3.07 bits per heavy atom. The van der Waals surface area contributed by atoms with Gasteiger partial charge in [0, 0.05) is 29.4 Å². The molecule has 29 heavy (non-hydrogen) atoms. The zero-order valence-electron chi connectivity index (χ0n) is 16.7. The van der Waals surface area contributed by atoms with Crippen molar-refractivity contribution in [3.05, 3.63) is 58.8 Å². The van der Waals surface area contributed by atoms with Crippen molar-refractivity contribution < 1.29 is 14.3 Å². The van der Waals surface area contributed by atoms with Crippen LogP contribution in [0.3, 0.4) is 0 Å². The van der Waals surface area contributed by atoms with Crippen LogP contribution in [0.1, 0.15) is 47.7 Å². The average Bonchev–Trinajstić information content (AvgIpc) is 3.36. The summed E-state index contributed by atoms with van der Waals surface area (Å²) in [7, 11) is 1.69. The summed E-state index contributed by atoms with van der Waals surface area (Å²) >= 11 is 0. The molecular weight excluding hydrogens is 364 g/mol. The maximum absolute atomic E-state index is 12.7. The van der Waals surface area contributed by atoms with E-state index in [0.717, 1.165) is 61.4 Å². The smallest absolute Gasteiger partial charge is 0.220 e. The first kappa shape index (κ1) is 18.1. The molecule has 5 nitrogen and oxygen atoms in total. The Bertz CT molecular complexity index is 1070. The van der Waals surface area contributed by atoms with Crippen LogP contribution in [0.5, 0.6) is 11.5 Å². The Kier molecular flexibility index (Phi) is 4.66. The first-order valence-corrected chi connectivity index (χ1v) is 10.4. The summed E-state index contributed by atoms with van der Waals surface area (Å²) in [5.74, 6) is 1.96. The fourth-order valence-corrected chi connectivity index (χ4v) is 4.63. The van der Waals surface area contributed by atoms with Crippen molar-refractivity contribution in [2.75, 3.05) is 13.7 Å². The molecule has 2 aliphatic rings. The van der Waals surface area contributed by atoms with Gasteiger partial charge < -0.3 is 19.8 Å². The molecule has 2 aromatic carbocycles. The molecule has 1 atom stereocenters. The summed E-state index contributed by atoms with van der Waals surface area (Å²) in [4.78, 5) is 16.2. The number of nitrogens with one attached hydrogen (secondary N) is 2. The quantitative estimate of drug-likeness (QED) is 0.685. The summed E-state index contributed by atoms with van der Waals surface area (Å²) in [6.45, 7) is 0.764. The van der Waals surface area contributed by atoms with E-state index in [4.69, 9.17) is 9.47 Å². The Morgan fingerprint density at radius 2 is 2.17 bits per heavy atom.